The zero-order valence-corrected chi connectivity index (χ0v) is 11.2. The van der Waals surface area contributed by atoms with Gasteiger partial charge in [-0.3, -0.25) is 0 Å². The molecule has 90 valence electrons. The molecule has 0 bridgehead atoms. The highest BCUT2D eigenvalue weighted by atomic mass is 79.9. The number of hydrogen-bond acceptors (Lipinski definition) is 1. The summed E-state index contributed by atoms with van der Waals surface area (Å²) in [5, 5.41) is 11.7. The Hall–Kier alpha value is -1.79. The van der Waals surface area contributed by atoms with Gasteiger partial charge >= 0.3 is 5.97 Å². The zero-order valence-electron chi connectivity index (χ0n) is 9.61. The number of carbonyl (C=O) groups is 1. The lowest BCUT2D eigenvalue weighted by Gasteiger charge is -2.00. The average molecular weight is 303 g/mol. The van der Waals surface area contributed by atoms with Crippen LogP contribution in [0.15, 0.2) is 36.4 Å². The fraction of sp³-hybridized carbons (Fsp3) is 0.133. The van der Waals surface area contributed by atoms with E-state index in [1.165, 1.54) is 0 Å². The van der Waals surface area contributed by atoms with E-state index in [1.54, 1.807) is 12.1 Å². The summed E-state index contributed by atoms with van der Waals surface area (Å²) in [4.78, 5) is 10.9. The van der Waals surface area contributed by atoms with Gasteiger partial charge in [0.2, 0.25) is 0 Å². The first-order chi connectivity index (χ1) is 8.70. The lowest BCUT2D eigenvalue weighted by molar-refractivity contribution is 0.0697. The number of carboxylic acids is 1. The van der Waals surface area contributed by atoms with Crippen molar-refractivity contribution in [3.05, 3.63) is 47.5 Å². The SMILES string of the molecule is O=C(O)c1ccc2cc(C#CCCBr)ccc2c1. The Morgan fingerprint density at radius 1 is 1.17 bits per heavy atom. The summed E-state index contributed by atoms with van der Waals surface area (Å²) in [5.41, 5.74) is 1.26. The van der Waals surface area contributed by atoms with Gasteiger partial charge < -0.3 is 5.11 Å². The second-order valence-electron chi connectivity index (χ2n) is 3.82. The molecule has 1 N–H and O–H groups in total. The number of aromatic carboxylic acids is 1. The molecule has 0 fully saturated rings. The van der Waals surface area contributed by atoms with Crippen molar-refractivity contribution in [1.29, 1.82) is 0 Å². The van der Waals surface area contributed by atoms with Crippen molar-refractivity contribution in [2.45, 2.75) is 6.42 Å². The Kier molecular flexibility index (Phi) is 4.01. The molecule has 2 rings (SSSR count). The average Bonchev–Trinajstić information content (AvgIpc) is 2.38. The molecule has 0 radical (unpaired) electrons. The number of benzene rings is 2. The van der Waals surface area contributed by atoms with E-state index in [4.69, 9.17) is 5.11 Å². The minimum atomic E-state index is -0.905. The molecule has 0 saturated carbocycles. The fourth-order valence-electron chi connectivity index (χ4n) is 1.67. The normalized spacial score (nSPS) is 9.83. The molecular weight excluding hydrogens is 292 g/mol. The molecule has 0 aromatic heterocycles. The first-order valence-electron chi connectivity index (χ1n) is 5.52. The van der Waals surface area contributed by atoms with Crippen LogP contribution in [0.5, 0.6) is 0 Å². The highest BCUT2D eigenvalue weighted by Crippen LogP contribution is 2.17. The Balaban J connectivity index is 2.39. The van der Waals surface area contributed by atoms with Gasteiger partial charge in [-0.15, -0.1) is 0 Å². The molecule has 0 atom stereocenters. The number of halogens is 1. The number of hydrogen-bond donors (Lipinski definition) is 1. The molecule has 2 nitrogen and oxygen atoms in total. The molecule has 0 spiro atoms. The second kappa shape index (κ2) is 5.70. The van der Waals surface area contributed by atoms with E-state index in [2.05, 4.69) is 27.8 Å². The summed E-state index contributed by atoms with van der Waals surface area (Å²) >= 11 is 3.33. The third-order valence-electron chi connectivity index (χ3n) is 2.54. The van der Waals surface area contributed by atoms with E-state index >= 15 is 0 Å². The van der Waals surface area contributed by atoms with E-state index in [0.717, 1.165) is 28.1 Å². The molecule has 18 heavy (non-hydrogen) atoms. The molecule has 0 aliphatic heterocycles. The fourth-order valence-corrected chi connectivity index (χ4v) is 1.87. The number of alkyl halides is 1. The summed E-state index contributed by atoms with van der Waals surface area (Å²) < 4.78 is 0. The standard InChI is InChI=1S/C15H11BrO2/c16-8-2-1-3-11-4-5-13-10-14(15(17)18)7-6-12(13)9-11/h4-7,9-10H,2,8H2,(H,17,18). The third kappa shape index (κ3) is 2.91. The van der Waals surface area contributed by atoms with Crippen molar-refractivity contribution in [2.75, 3.05) is 5.33 Å². The van der Waals surface area contributed by atoms with Gasteiger partial charge in [-0.25, -0.2) is 4.79 Å². The first-order valence-corrected chi connectivity index (χ1v) is 6.65. The summed E-state index contributed by atoms with van der Waals surface area (Å²) in [6.07, 6.45) is 0.815. The maximum absolute atomic E-state index is 10.9. The Morgan fingerprint density at radius 3 is 2.61 bits per heavy atom. The smallest absolute Gasteiger partial charge is 0.335 e. The lowest BCUT2D eigenvalue weighted by Crippen LogP contribution is -1.95. The van der Waals surface area contributed by atoms with Gasteiger partial charge in [0.15, 0.2) is 0 Å². The third-order valence-corrected chi connectivity index (χ3v) is 2.94. The molecule has 2 aromatic rings. The van der Waals surface area contributed by atoms with E-state index < -0.39 is 5.97 Å². The molecular formula is C15H11BrO2. The van der Waals surface area contributed by atoms with Crippen molar-refractivity contribution >= 4 is 32.7 Å². The van der Waals surface area contributed by atoms with E-state index in [1.807, 2.05) is 24.3 Å². The van der Waals surface area contributed by atoms with Crippen LogP contribution in [-0.2, 0) is 0 Å². The van der Waals surface area contributed by atoms with Gasteiger partial charge in [-0.05, 0) is 35.0 Å². The maximum atomic E-state index is 10.9. The first kappa shape index (κ1) is 12.7. The Bertz CT molecular complexity index is 650. The molecule has 0 saturated heterocycles. The van der Waals surface area contributed by atoms with Crippen LogP contribution >= 0.6 is 15.9 Å². The molecule has 0 heterocycles. The Morgan fingerprint density at radius 2 is 1.89 bits per heavy atom. The van der Waals surface area contributed by atoms with E-state index in [-0.39, 0.29) is 0 Å². The largest absolute Gasteiger partial charge is 0.478 e. The second-order valence-corrected chi connectivity index (χ2v) is 4.62. The van der Waals surface area contributed by atoms with Gasteiger partial charge in [0.05, 0.1) is 5.56 Å². The van der Waals surface area contributed by atoms with Crippen LogP contribution in [-0.4, -0.2) is 16.4 Å². The van der Waals surface area contributed by atoms with Crippen LogP contribution in [0.1, 0.15) is 22.3 Å². The molecule has 0 unspecified atom stereocenters. The summed E-state index contributed by atoms with van der Waals surface area (Å²) in [6.45, 7) is 0. The van der Waals surface area contributed by atoms with Crippen molar-refractivity contribution < 1.29 is 9.90 Å². The monoisotopic (exact) mass is 302 g/mol. The molecule has 0 amide bonds. The van der Waals surface area contributed by atoms with Gasteiger partial charge in [-0.2, -0.15) is 0 Å². The van der Waals surface area contributed by atoms with Crippen molar-refractivity contribution in [1.82, 2.24) is 0 Å². The quantitative estimate of drug-likeness (QED) is 0.679. The Labute approximate surface area is 114 Å². The van der Waals surface area contributed by atoms with Gasteiger partial charge in [0, 0.05) is 17.3 Å². The number of rotatable bonds is 2. The maximum Gasteiger partial charge on any atom is 0.335 e. The molecule has 0 aliphatic carbocycles. The predicted octanol–water partition coefficient (Wildman–Crippen LogP) is 3.67. The van der Waals surface area contributed by atoms with Crippen LogP contribution in [0.3, 0.4) is 0 Å². The molecule has 2 aromatic carbocycles. The summed E-state index contributed by atoms with van der Waals surface area (Å²) in [5.74, 6) is 5.23. The van der Waals surface area contributed by atoms with Crippen molar-refractivity contribution in [2.24, 2.45) is 0 Å². The zero-order chi connectivity index (χ0) is 13.0. The van der Waals surface area contributed by atoms with Crippen molar-refractivity contribution in [3.8, 4) is 11.8 Å². The molecule has 0 aliphatic rings. The van der Waals surface area contributed by atoms with Crippen LogP contribution in [0.25, 0.3) is 10.8 Å². The summed E-state index contributed by atoms with van der Waals surface area (Å²) in [7, 11) is 0. The van der Waals surface area contributed by atoms with Crippen molar-refractivity contribution in [3.63, 3.8) is 0 Å². The van der Waals surface area contributed by atoms with Crippen LogP contribution in [0.4, 0.5) is 0 Å². The highest BCUT2D eigenvalue weighted by Gasteiger charge is 2.03. The van der Waals surface area contributed by atoms with Gasteiger partial charge in [-0.1, -0.05) is 39.9 Å². The minimum absolute atomic E-state index is 0.306. The minimum Gasteiger partial charge on any atom is -0.478 e. The number of fused-ring (bicyclic) bond motifs is 1. The topological polar surface area (TPSA) is 37.3 Å². The molecule has 3 heteroatoms. The van der Waals surface area contributed by atoms with Crippen LogP contribution in [0.2, 0.25) is 0 Å². The number of carboxylic acid groups (broad SMARTS) is 1. The predicted molar refractivity (Wildman–Crippen MR) is 76.2 cm³/mol. The summed E-state index contributed by atoms with van der Waals surface area (Å²) in [6, 6.07) is 10.9. The van der Waals surface area contributed by atoms with Crippen LogP contribution in [0, 0.1) is 11.8 Å². The highest BCUT2D eigenvalue weighted by molar-refractivity contribution is 9.09. The van der Waals surface area contributed by atoms with Gasteiger partial charge in [0.1, 0.15) is 0 Å². The van der Waals surface area contributed by atoms with Crippen LogP contribution < -0.4 is 0 Å². The van der Waals surface area contributed by atoms with E-state index in [0.29, 0.717) is 5.56 Å². The lowest BCUT2D eigenvalue weighted by atomic mass is 10.0. The van der Waals surface area contributed by atoms with E-state index in [9.17, 15) is 4.79 Å². The van der Waals surface area contributed by atoms with Gasteiger partial charge in [0.25, 0.3) is 0 Å².